The number of aryl methyl sites for hydroxylation is 2. The third-order valence-corrected chi connectivity index (χ3v) is 3.41. The van der Waals surface area contributed by atoms with Crippen LogP contribution in [0.4, 0.5) is 11.4 Å². The van der Waals surface area contributed by atoms with Gasteiger partial charge in [0, 0.05) is 11.4 Å². The molecule has 2 atom stereocenters. The highest BCUT2D eigenvalue weighted by atomic mass is 16.3. The van der Waals surface area contributed by atoms with E-state index in [1.165, 1.54) is 0 Å². The number of amides is 2. The Morgan fingerprint density at radius 3 is 1.50 bits per heavy atom. The first kappa shape index (κ1) is 17.7. The fourth-order valence-electron chi connectivity index (χ4n) is 2.16. The smallest absolute Gasteiger partial charge is 0.256 e. The minimum absolute atomic E-state index is 0.477. The molecule has 0 bridgehead atoms. The van der Waals surface area contributed by atoms with Crippen LogP contribution in [0.5, 0.6) is 0 Å². The summed E-state index contributed by atoms with van der Waals surface area (Å²) in [5.74, 6) is -1.71. The zero-order chi connectivity index (χ0) is 17.7. The van der Waals surface area contributed by atoms with Gasteiger partial charge in [-0.05, 0) is 49.2 Å². The average molecular weight is 328 g/mol. The summed E-state index contributed by atoms with van der Waals surface area (Å²) in [5, 5.41) is 24.7. The van der Waals surface area contributed by atoms with E-state index in [2.05, 4.69) is 10.6 Å². The SMILES string of the molecule is Cc1cccc(NC(=O)C(O)C(O)C(=O)Nc2cccc(C)c2)c1. The van der Waals surface area contributed by atoms with Crippen LogP contribution in [-0.4, -0.2) is 34.2 Å². The van der Waals surface area contributed by atoms with E-state index < -0.39 is 24.0 Å². The van der Waals surface area contributed by atoms with Crippen molar-refractivity contribution in [2.45, 2.75) is 26.1 Å². The highest BCUT2D eigenvalue weighted by Crippen LogP contribution is 2.12. The molecule has 0 fully saturated rings. The van der Waals surface area contributed by atoms with Gasteiger partial charge in [0.25, 0.3) is 11.8 Å². The van der Waals surface area contributed by atoms with Gasteiger partial charge < -0.3 is 20.8 Å². The predicted molar refractivity (Wildman–Crippen MR) is 91.6 cm³/mol. The van der Waals surface area contributed by atoms with E-state index >= 15 is 0 Å². The Morgan fingerprint density at radius 1 is 0.792 bits per heavy atom. The van der Waals surface area contributed by atoms with Crippen molar-refractivity contribution in [3.05, 3.63) is 59.7 Å². The molecule has 24 heavy (non-hydrogen) atoms. The van der Waals surface area contributed by atoms with Gasteiger partial charge in [0.2, 0.25) is 0 Å². The lowest BCUT2D eigenvalue weighted by Crippen LogP contribution is -2.45. The Hall–Kier alpha value is -2.70. The quantitative estimate of drug-likeness (QED) is 0.670. The lowest BCUT2D eigenvalue weighted by molar-refractivity contribution is -0.139. The Labute approximate surface area is 140 Å². The van der Waals surface area contributed by atoms with Crippen LogP contribution in [0.2, 0.25) is 0 Å². The number of anilines is 2. The number of nitrogens with one attached hydrogen (secondary N) is 2. The molecule has 0 saturated heterocycles. The van der Waals surface area contributed by atoms with Crippen molar-refractivity contribution < 1.29 is 19.8 Å². The summed E-state index contributed by atoms with van der Waals surface area (Å²) in [4.78, 5) is 24.0. The zero-order valence-electron chi connectivity index (χ0n) is 13.5. The van der Waals surface area contributed by atoms with Crippen molar-refractivity contribution >= 4 is 23.2 Å². The highest BCUT2D eigenvalue weighted by molar-refractivity contribution is 6.02. The van der Waals surface area contributed by atoms with Gasteiger partial charge in [-0.3, -0.25) is 9.59 Å². The van der Waals surface area contributed by atoms with E-state index in [0.29, 0.717) is 11.4 Å². The number of hydrogen-bond donors (Lipinski definition) is 4. The monoisotopic (exact) mass is 328 g/mol. The molecule has 2 unspecified atom stereocenters. The maximum atomic E-state index is 12.0. The topological polar surface area (TPSA) is 98.7 Å². The average Bonchev–Trinajstić information content (AvgIpc) is 2.53. The maximum absolute atomic E-state index is 12.0. The Kier molecular flexibility index (Phi) is 5.68. The van der Waals surface area contributed by atoms with Crippen LogP contribution in [0.3, 0.4) is 0 Å². The van der Waals surface area contributed by atoms with E-state index in [0.717, 1.165) is 11.1 Å². The molecule has 0 heterocycles. The first-order valence-corrected chi connectivity index (χ1v) is 7.48. The molecule has 2 rings (SSSR count). The molecule has 2 amide bonds. The summed E-state index contributed by atoms with van der Waals surface area (Å²) in [6, 6.07) is 13.9. The van der Waals surface area contributed by atoms with Crippen LogP contribution in [0.15, 0.2) is 48.5 Å². The normalized spacial score (nSPS) is 13.0. The summed E-state index contributed by atoms with van der Waals surface area (Å²) in [5.41, 5.74) is 2.82. The van der Waals surface area contributed by atoms with Crippen LogP contribution in [0.25, 0.3) is 0 Å². The molecule has 6 nitrogen and oxygen atoms in total. The molecule has 0 aliphatic heterocycles. The van der Waals surface area contributed by atoms with E-state index in [-0.39, 0.29) is 0 Å². The molecule has 126 valence electrons. The number of benzene rings is 2. The number of carbonyl (C=O) groups is 2. The number of hydrogen-bond acceptors (Lipinski definition) is 4. The van der Waals surface area contributed by atoms with Crippen LogP contribution >= 0.6 is 0 Å². The number of carbonyl (C=O) groups excluding carboxylic acids is 2. The standard InChI is InChI=1S/C18H20N2O4/c1-11-5-3-7-13(9-11)19-17(23)15(21)16(22)18(24)20-14-8-4-6-12(2)10-14/h3-10,15-16,21-22H,1-2H3,(H,19,23)(H,20,24). The third-order valence-electron chi connectivity index (χ3n) is 3.41. The second-order valence-corrected chi connectivity index (χ2v) is 5.61. The minimum atomic E-state index is -1.88. The van der Waals surface area contributed by atoms with Gasteiger partial charge in [0.05, 0.1) is 0 Å². The van der Waals surface area contributed by atoms with Gasteiger partial charge in [-0.1, -0.05) is 24.3 Å². The van der Waals surface area contributed by atoms with Crippen molar-refractivity contribution in [1.29, 1.82) is 0 Å². The van der Waals surface area contributed by atoms with Gasteiger partial charge in [-0.15, -0.1) is 0 Å². The molecule has 4 N–H and O–H groups in total. The highest BCUT2D eigenvalue weighted by Gasteiger charge is 2.30. The van der Waals surface area contributed by atoms with Gasteiger partial charge in [-0.2, -0.15) is 0 Å². The van der Waals surface area contributed by atoms with Crippen LogP contribution in [0.1, 0.15) is 11.1 Å². The number of aliphatic hydroxyl groups excluding tert-OH is 2. The maximum Gasteiger partial charge on any atom is 0.256 e. The fraction of sp³-hybridized carbons (Fsp3) is 0.222. The Bertz CT molecular complexity index is 682. The van der Waals surface area contributed by atoms with Crippen LogP contribution in [-0.2, 0) is 9.59 Å². The largest absolute Gasteiger partial charge is 0.380 e. The minimum Gasteiger partial charge on any atom is -0.380 e. The number of rotatable bonds is 5. The molecular formula is C18H20N2O4. The molecule has 0 aliphatic rings. The molecule has 0 radical (unpaired) electrons. The Balaban J connectivity index is 1.98. The van der Waals surface area contributed by atoms with Crippen molar-refractivity contribution in [1.82, 2.24) is 0 Å². The van der Waals surface area contributed by atoms with Crippen molar-refractivity contribution in [2.24, 2.45) is 0 Å². The molecule has 0 saturated carbocycles. The van der Waals surface area contributed by atoms with Crippen molar-refractivity contribution in [3.63, 3.8) is 0 Å². The molecule has 0 aliphatic carbocycles. The van der Waals surface area contributed by atoms with Gasteiger partial charge in [-0.25, -0.2) is 0 Å². The molecule has 0 aromatic heterocycles. The lowest BCUT2D eigenvalue weighted by atomic mass is 10.1. The summed E-state index contributed by atoms with van der Waals surface area (Å²) in [7, 11) is 0. The van der Waals surface area contributed by atoms with E-state index in [9.17, 15) is 19.8 Å². The third kappa shape index (κ3) is 4.65. The fourth-order valence-corrected chi connectivity index (χ4v) is 2.16. The molecule has 2 aromatic rings. The summed E-state index contributed by atoms with van der Waals surface area (Å²) in [6.45, 7) is 3.71. The summed E-state index contributed by atoms with van der Waals surface area (Å²) >= 11 is 0. The first-order chi connectivity index (χ1) is 11.4. The van der Waals surface area contributed by atoms with Gasteiger partial charge in [0.1, 0.15) is 0 Å². The summed E-state index contributed by atoms with van der Waals surface area (Å²) in [6.07, 6.45) is -3.76. The summed E-state index contributed by atoms with van der Waals surface area (Å²) < 4.78 is 0. The van der Waals surface area contributed by atoms with Crippen LogP contribution in [0, 0.1) is 13.8 Å². The van der Waals surface area contributed by atoms with E-state index in [1.807, 2.05) is 26.0 Å². The number of aliphatic hydroxyl groups is 2. The van der Waals surface area contributed by atoms with E-state index in [1.54, 1.807) is 36.4 Å². The van der Waals surface area contributed by atoms with E-state index in [4.69, 9.17) is 0 Å². The van der Waals surface area contributed by atoms with Gasteiger partial charge >= 0.3 is 0 Å². The van der Waals surface area contributed by atoms with Crippen molar-refractivity contribution in [3.8, 4) is 0 Å². The van der Waals surface area contributed by atoms with Crippen LogP contribution < -0.4 is 10.6 Å². The van der Waals surface area contributed by atoms with Gasteiger partial charge in [0.15, 0.2) is 12.2 Å². The first-order valence-electron chi connectivity index (χ1n) is 7.48. The lowest BCUT2D eigenvalue weighted by Gasteiger charge is -2.17. The second kappa shape index (κ2) is 7.72. The molecular weight excluding hydrogens is 308 g/mol. The van der Waals surface area contributed by atoms with Crippen molar-refractivity contribution in [2.75, 3.05) is 10.6 Å². The zero-order valence-corrected chi connectivity index (χ0v) is 13.5. The predicted octanol–water partition coefficient (Wildman–Crippen LogP) is 1.60. The second-order valence-electron chi connectivity index (χ2n) is 5.61. The molecule has 6 heteroatoms. The Morgan fingerprint density at radius 2 is 1.17 bits per heavy atom. The molecule has 2 aromatic carbocycles. The molecule has 0 spiro atoms.